The molecule has 2 aromatic carbocycles. The summed E-state index contributed by atoms with van der Waals surface area (Å²) in [5.74, 6) is 0.287. The summed E-state index contributed by atoms with van der Waals surface area (Å²) in [5, 5.41) is 10.5. The molecular weight excluding hydrogens is 222 g/mol. The van der Waals surface area contributed by atoms with Gasteiger partial charge >= 0.3 is 0 Å². The van der Waals surface area contributed by atoms with E-state index in [-0.39, 0.29) is 5.75 Å². The zero-order valence-electron chi connectivity index (χ0n) is 10.1. The first-order valence-corrected chi connectivity index (χ1v) is 5.89. The second kappa shape index (κ2) is 4.15. The molecule has 2 heteroatoms. The summed E-state index contributed by atoms with van der Waals surface area (Å²) >= 11 is 0. The van der Waals surface area contributed by atoms with Crippen LogP contribution in [0.5, 0.6) is 5.75 Å². The maximum atomic E-state index is 9.33. The number of aryl methyl sites for hydroxylation is 1. The summed E-state index contributed by atoms with van der Waals surface area (Å²) in [6.07, 6.45) is 1.82. The Morgan fingerprint density at radius 3 is 2.50 bits per heavy atom. The quantitative estimate of drug-likeness (QED) is 0.693. The Morgan fingerprint density at radius 2 is 1.72 bits per heavy atom. The zero-order chi connectivity index (χ0) is 12.5. The molecule has 88 valence electrons. The van der Waals surface area contributed by atoms with E-state index in [1.165, 1.54) is 5.56 Å². The van der Waals surface area contributed by atoms with Crippen LogP contribution < -0.4 is 0 Å². The number of benzene rings is 2. The lowest BCUT2D eigenvalue weighted by molar-refractivity contribution is 0.475. The number of hydrogen-bond acceptors (Lipinski definition) is 2. The summed E-state index contributed by atoms with van der Waals surface area (Å²) in [6, 6.07) is 15.5. The molecule has 0 radical (unpaired) electrons. The molecule has 0 bridgehead atoms. The number of aromatic nitrogens is 1. The molecule has 3 rings (SSSR count). The van der Waals surface area contributed by atoms with E-state index in [1.807, 2.05) is 24.4 Å². The molecule has 0 amide bonds. The van der Waals surface area contributed by atoms with Crippen molar-refractivity contribution in [1.82, 2.24) is 4.98 Å². The van der Waals surface area contributed by atoms with Gasteiger partial charge < -0.3 is 5.11 Å². The first-order valence-electron chi connectivity index (χ1n) is 5.89. The molecule has 18 heavy (non-hydrogen) atoms. The number of rotatable bonds is 1. The van der Waals surface area contributed by atoms with Gasteiger partial charge in [-0.05, 0) is 41.8 Å². The summed E-state index contributed by atoms with van der Waals surface area (Å²) in [6.45, 7) is 2.08. The van der Waals surface area contributed by atoms with Crippen LogP contribution in [0, 0.1) is 6.92 Å². The van der Waals surface area contributed by atoms with Gasteiger partial charge in [0, 0.05) is 11.6 Å². The van der Waals surface area contributed by atoms with Crippen molar-refractivity contribution in [1.29, 1.82) is 0 Å². The van der Waals surface area contributed by atoms with Crippen LogP contribution in [0.3, 0.4) is 0 Å². The van der Waals surface area contributed by atoms with Crippen LogP contribution in [0.4, 0.5) is 0 Å². The monoisotopic (exact) mass is 235 g/mol. The van der Waals surface area contributed by atoms with E-state index in [0.29, 0.717) is 0 Å². The maximum absolute atomic E-state index is 9.33. The first-order chi connectivity index (χ1) is 8.75. The molecule has 0 atom stereocenters. The van der Waals surface area contributed by atoms with E-state index in [1.54, 1.807) is 12.1 Å². The molecule has 1 heterocycles. The average Bonchev–Trinajstić information content (AvgIpc) is 2.41. The smallest absolute Gasteiger partial charge is 0.115 e. The fourth-order valence-electron chi connectivity index (χ4n) is 2.24. The van der Waals surface area contributed by atoms with Crippen LogP contribution in [0.25, 0.3) is 22.0 Å². The molecule has 1 aromatic heterocycles. The Morgan fingerprint density at radius 1 is 0.944 bits per heavy atom. The number of aromatic hydroxyl groups is 1. The summed E-state index contributed by atoms with van der Waals surface area (Å²) < 4.78 is 0. The number of nitrogens with zero attached hydrogens (tertiary/aromatic N) is 1. The van der Waals surface area contributed by atoms with Gasteiger partial charge in [0.2, 0.25) is 0 Å². The van der Waals surface area contributed by atoms with Gasteiger partial charge in [0.05, 0.1) is 5.52 Å². The molecule has 0 unspecified atom stereocenters. The van der Waals surface area contributed by atoms with Crippen LogP contribution >= 0.6 is 0 Å². The number of fused-ring (bicyclic) bond motifs is 1. The highest BCUT2D eigenvalue weighted by atomic mass is 16.3. The Labute approximate surface area is 106 Å². The van der Waals surface area contributed by atoms with Crippen LogP contribution in [0.1, 0.15) is 5.56 Å². The van der Waals surface area contributed by atoms with Crippen LogP contribution in [0.15, 0.2) is 54.7 Å². The maximum Gasteiger partial charge on any atom is 0.115 e. The summed E-state index contributed by atoms with van der Waals surface area (Å²) in [7, 11) is 0. The van der Waals surface area contributed by atoms with Crippen molar-refractivity contribution < 1.29 is 5.11 Å². The predicted molar refractivity (Wildman–Crippen MR) is 73.6 cm³/mol. The minimum atomic E-state index is 0.287. The zero-order valence-corrected chi connectivity index (χ0v) is 10.1. The molecule has 0 spiro atoms. The Bertz CT molecular complexity index is 702. The number of pyridine rings is 1. The third-order valence-corrected chi connectivity index (χ3v) is 3.21. The van der Waals surface area contributed by atoms with Crippen molar-refractivity contribution in [2.75, 3.05) is 0 Å². The lowest BCUT2D eigenvalue weighted by Gasteiger charge is -2.09. The van der Waals surface area contributed by atoms with Crippen molar-refractivity contribution >= 4 is 10.9 Å². The highest BCUT2D eigenvalue weighted by Gasteiger charge is 2.06. The lowest BCUT2D eigenvalue weighted by Crippen LogP contribution is -1.87. The van der Waals surface area contributed by atoms with E-state index in [9.17, 15) is 5.11 Å². The molecule has 1 N–H and O–H groups in total. The van der Waals surface area contributed by atoms with Crippen molar-refractivity contribution in [3.8, 4) is 16.9 Å². The van der Waals surface area contributed by atoms with E-state index in [2.05, 4.69) is 30.1 Å². The minimum absolute atomic E-state index is 0.287. The van der Waals surface area contributed by atoms with Crippen LogP contribution in [-0.4, -0.2) is 10.1 Å². The molecule has 0 aliphatic heterocycles. The van der Waals surface area contributed by atoms with Crippen molar-refractivity contribution in [3.63, 3.8) is 0 Å². The van der Waals surface area contributed by atoms with Crippen molar-refractivity contribution in [3.05, 3.63) is 60.3 Å². The Kier molecular flexibility index (Phi) is 2.49. The lowest BCUT2D eigenvalue weighted by atomic mass is 9.98. The number of hydrogen-bond donors (Lipinski definition) is 1. The van der Waals surface area contributed by atoms with Gasteiger partial charge in [-0.25, -0.2) is 0 Å². The van der Waals surface area contributed by atoms with E-state index in [4.69, 9.17) is 0 Å². The van der Waals surface area contributed by atoms with E-state index < -0.39 is 0 Å². The Hall–Kier alpha value is -2.35. The van der Waals surface area contributed by atoms with Gasteiger partial charge in [-0.2, -0.15) is 0 Å². The first kappa shape index (κ1) is 10.8. The molecule has 2 nitrogen and oxygen atoms in total. The fourth-order valence-corrected chi connectivity index (χ4v) is 2.24. The van der Waals surface area contributed by atoms with E-state index in [0.717, 1.165) is 22.0 Å². The molecule has 0 aliphatic rings. The summed E-state index contributed by atoms with van der Waals surface area (Å²) in [4.78, 5) is 4.44. The van der Waals surface area contributed by atoms with Gasteiger partial charge in [0.1, 0.15) is 5.75 Å². The van der Waals surface area contributed by atoms with Gasteiger partial charge in [0.15, 0.2) is 0 Å². The second-order valence-corrected chi connectivity index (χ2v) is 4.36. The third-order valence-electron chi connectivity index (χ3n) is 3.21. The van der Waals surface area contributed by atoms with Gasteiger partial charge in [0.25, 0.3) is 0 Å². The topological polar surface area (TPSA) is 33.1 Å². The van der Waals surface area contributed by atoms with Gasteiger partial charge in [-0.15, -0.1) is 0 Å². The van der Waals surface area contributed by atoms with E-state index >= 15 is 0 Å². The Balaban J connectivity index is 2.24. The minimum Gasteiger partial charge on any atom is -0.508 e. The highest BCUT2D eigenvalue weighted by Crippen LogP contribution is 2.29. The summed E-state index contributed by atoms with van der Waals surface area (Å²) in [5.41, 5.74) is 4.45. The fraction of sp³-hybridized carbons (Fsp3) is 0.0625. The standard InChI is InChI=1S/C16H13NO/c1-11-15(12-4-7-14(18)8-5-12)9-6-13-3-2-10-17-16(11)13/h2-10,18H,1H3. The average molecular weight is 235 g/mol. The number of phenols is 1. The van der Waals surface area contributed by atoms with Gasteiger partial charge in [-0.3, -0.25) is 4.98 Å². The van der Waals surface area contributed by atoms with Crippen LogP contribution in [-0.2, 0) is 0 Å². The second-order valence-electron chi connectivity index (χ2n) is 4.36. The third kappa shape index (κ3) is 1.72. The van der Waals surface area contributed by atoms with Gasteiger partial charge in [-0.1, -0.05) is 30.3 Å². The van der Waals surface area contributed by atoms with Crippen molar-refractivity contribution in [2.24, 2.45) is 0 Å². The largest absolute Gasteiger partial charge is 0.508 e. The normalized spacial score (nSPS) is 10.7. The predicted octanol–water partition coefficient (Wildman–Crippen LogP) is 3.92. The number of phenolic OH excluding ortho intramolecular Hbond substituents is 1. The molecule has 0 aliphatic carbocycles. The SMILES string of the molecule is Cc1c(-c2ccc(O)cc2)ccc2cccnc12. The molecular formula is C16H13NO. The van der Waals surface area contributed by atoms with Crippen molar-refractivity contribution in [2.45, 2.75) is 6.92 Å². The molecule has 3 aromatic rings. The molecule has 0 saturated heterocycles. The molecule has 0 saturated carbocycles. The molecule has 0 fully saturated rings. The van der Waals surface area contributed by atoms with Crippen LogP contribution in [0.2, 0.25) is 0 Å². The highest BCUT2D eigenvalue weighted by molar-refractivity contribution is 5.88.